The van der Waals surface area contributed by atoms with Crippen molar-refractivity contribution in [1.82, 2.24) is 5.32 Å². The first-order chi connectivity index (χ1) is 16.3. The minimum Gasteiger partial charge on any atom is -0.444 e. The second kappa shape index (κ2) is 10.2. The smallest absolute Gasteiger partial charge is 0.407 e. The third kappa shape index (κ3) is 5.59. The van der Waals surface area contributed by atoms with E-state index < -0.39 is 5.60 Å². The van der Waals surface area contributed by atoms with Crippen LogP contribution in [0.15, 0.2) is 0 Å². The highest BCUT2D eigenvalue weighted by molar-refractivity contribution is 5.68. The summed E-state index contributed by atoms with van der Waals surface area (Å²) in [5.74, 6) is 6.23. The van der Waals surface area contributed by atoms with Gasteiger partial charge in [-0.05, 0) is 131 Å². The van der Waals surface area contributed by atoms with Crippen molar-refractivity contribution in [2.24, 2.45) is 52.3 Å². The molecule has 0 aromatic rings. The van der Waals surface area contributed by atoms with E-state index >= 15 is 0 Å². The molecule has 1 N–H and O–H groups in total. The van der Waals surface area contributed by atoms with E-state index in [4.69, 9.17) is 4.74 Å². The summed E-state index contributed by atoms with van der Waals surface area (Å²) in [6.07, 6.45) is 16.2. The van der Waals surface area contributed by atoms with Crippen LogP contribution in [0.1, 0.15) is 132 Å². The Morgan fingerprint density at radius 3 is 2.29 bits per heavy atom. The number of hydrogen-bond donors (Lipinski definition) is 1. The van der Waals surface area contributed by atoms with E-state index in [1.165, 1.54) is 64.2 Å². The zero-order valence-electron chi connectivity index (χ0n) is 24.4. The Bertz CT molecular complexity index is 740. The lowest BCUT2D eigenvalue weighted by atomic mass is 9.44. The number of rotatable bonds is 6. The van der Waals surface area contributed by atoms with Crippen molar-refractivity contribution in [3.63, 3.8) is 0 Å². The van der Waals surface area contributed by atoms with E-state index in [0.29, 0.717) is 10.8 Å². The van der Waals surface area contributed by atoms with Crippen LogP contribution in [0.3, 0.4) is 0 Å². The fourth-order valence-corrected chi connectivity index (χ4v) is 9.89. The molecule has 0 aromatic heterocycles. The molecular weight excluding hydrogens is 430 g/mol. The number of carbonyl (C=O) groups excluding carboxylic acids is 1. The Hall–Kier alpha value is -0.730. The second-order valence-electron chi connectivity index (χ2n) is 15.3. The third-order valence-electron chi connectivity index (χ3n) is 11.6. The molecule has 3 nitrogen and oxygen atoms in total. The van der Waals surface area contributed by atoms with Crippen molar-refractivity contribution in [3.8, 4) is 0 Å². The Kier molecular flexibility index (Phi) is 7.96. The standard InChI is InChI=1S/C32H57NO2/c1-21(2)10-9-11-22(3)26-14-15-27-25-13-12-23-20-24(33-29(34)35-30(4,5)6)16-18-31(23,7)28(25)17-19-32(26,27)8/h21-28H,9-20H2,1-8H3,(H,33,34)/t22-,23+,24?,25+,26-,27+,28+,31+,32-/m1/s1. The monoisotopic (exact) mass is 487 g/mol. The normalized spacial score (nSPS) is 42.1. The molecule has 4 aliphatic carbocycles. The summed E-state index contributed by atoms with van der Waals surface area (Å²) in [7, 11) is 0. The van der Waals surface area contributed by atoms with Gasteiger partial charge in [0, 0.05) is 6.04 Å². The van der Waals surface area contributed by atoms with E-state index in [9.17, 15) is 4.79 Å². The van der Waals surface area contributed by atoms with Crippen LogP contribution in [0.25, 0.3) is 0 Å². The molecule has 0 radical (unpaired) electrons. The predicted molar refractivity (Wildman–Crippen MR) is 146 cm³/mol. The van der Waals surface area contributed by atoms with Gasteiger partial charge in [-0.3, -0.25) is 0 Å². The Balaban J connectivity index is 1.38. The summed E-state index contributed by atoms with van der Waals surface area (Å²) < 4.78 is 5.56. The SMILES string of the molecule is CC(C)CCC[C@@H](C)[C@H]1CC[C@H]2[C@@H]3CC[C@H]4CC(NC(=O)OC(C)(C)C)CC[C@]4(C)[C@H]3CC[C@]12C. The van der Waals surface area contributed by atoms with Gasteiger partial charge >= 0.3 is 6.09 Å². The van der Waals surface area contributed by atoms with E-state index in [-0.39, 0.29) is 12.1 Å². The summed E-state index contributed by atoms with van der Waals surface area (Å²) in [6, 6.07) is 0.288. The molecule has 202 valence electrons. The van der Waals surface area contributed by atoms with Crippen molar-refractivity contribution in [2.75, 3.05) is 0 Å². The second-order valence-corrected chi connectivity index (χ2v) is 15.3. The maximum absolute atomic E-state index is 12.4. The van der Waals surface area contributed by atoms with Crippen molar-refractivity contribution in [2.45, 2.75) is 144 Å². The fraction of sp³-hybridized carbons (Fsp3) is 0.969. The number of carbonyl (C=O) groups is 1. The molecule has 4 aliphatic rings. The van der Waals surface area contributed by atoms with Crippen molar-refractivity contribution in [3.05, 3.63) is 0 Å². The Labute approximate surface area is 217 Å². The van der Waals surface area contributed by atoms with Gasteiger partial charge in [0.25, 0.3) is 0 Å². The van der Waals surface area contributed by atoms with Crippen LogP contribution in [0.2, 0.25) is 0 Å². The Morgan fingerprint density at radius 2 is 1.60 bits per heavy atom. The predicted octanol–water partition coefficient (Wildman–Crippen LogP) is 9.00. The van der Waals surface area contributed by atoms with Gasteiger partial charge in [0.2, 0.25) is 0 Å². The van der Waals surface area contributed by atoms with Gasteiger partial charge in [-0.15, -0.1) is 0 Å². The van der Waals surface area contributed by atoms with Crippen molar-refractivity contribution in [1.29, 1.82) is 0 Å². The largest absolute Gasteiger partial charge is 0.444 e. The maximum Gasteiger partial charge on any atom is 0.407 e. The minimum atomic E-state index is -0.425. The quantitative estimate of drug-likeness (QED) is 0.406. The van der Waals surface area contributed by atoms with Gasteiger partial charge < -0.3 is 10.1 Å². The molecule has 1 unspecified atom stereocenters. The maximum atomic E-state index is 12.4. The lowest BCUT2D eigenvalue weighted by Crippen LogP contribution is -2.55. The van der Waals surface area contributed by atoms with E-state index in [1.807, 2.05) is 20.8 Å². The molecule has 0 aliphatic heterocycles. The lowest BCUT2D eigenvalue weighted by Gasteiger charge is -2.61. The molecule has 35 heavy (non-hydrogen) atoms. The van der Waals surface area contributed by atoms with Gasteiger partial charge in [0.05, 0.1) is 0 Å². The van der Waals surface area contributed by atoms with Crippen LogP contribution < -0.4 is 5.32 Å². The molecule has 1 amide bonds. The third-order valence-corrected chi connectivity index (χ3v) is 11.6. The lowest BCUT2D eigenvalue weighted by molar-refractivity contribution is -0.117. The summed E-state index contributed by atoms with van der Waals surface area (Å²) in [5, 5.41) is 3.22. The summed E-state index contributed by atoms with van der Waals surface area (Å²) in [5.41, 5.74) is 0.625. The first-order valence-corrected chi connectivity index (χ1v) is 15.3. The number of hydrogen-bond acceptors (Lipinski definition) is 2. The molecule has 4 fully saturated rings. The van der Waals surface area contributed by atoms with Crippen molar-refractivity contribution >= 4 is 6.09 Å². The van der Waals surface area contributed by atoms with E-state index in [1.54, 1.807) is 0 Å². The average molecular weight is 488 g/mol. The van der Waals surface area contributed by atoms with Crippen LogP contribution in [0.5, 0.6) is 0 Å². The number of fused-ring (bicyclic) bond motifs is 5. The van der Waals surface area contributed by atoms with Gasteiger partial charge in [-0.25, -0.2) is 4.79 Å². The molecular formula is C32H57NO2. The highest BCUT2D eigenvalue weighted by atomic mass is 16.6. The van der Waals surface area contributed by atoms with Gasteiger partial charge in [0.15, 0.2) is 0 Å². The average Bonchev–Trinajstić information content (AvgIpc) is 3.09. The Morgan fingerprint density at radius 1 is 0.914 bits per heavy atom. The number of nitrogens with one attached hydrogen (secondary N) is 1. The summed E-state index contributed by atoms with van der Waals surface area (Å²) in [4.78, 5) is 12.4. The first kappa shape index (κ1) is 27.3. The molecule has 3 heteroatoms. The fourth-order valence-electron chi connectivity index (χ4n) is 9.89. The molecule has 0 aromatic carbocycles. The number of amides is 1. The molecule has 4 rings (SSSR count). The van der Waals surface area contributed by atoms with Crippen LogP contribution in [0, 0.1) is 52.3 Å². The molecule has 9 atom stereocenters. The van der Waals surface area contributed by atoms with E-state index in [0.717, 1.165) is 54.3 Å². The first-order valence-electron chi connectivity index (χ1n) is 15.3. The number of alkyl carbamates (subject to hydrolysis) is 1. The van der Waals surface area contributed by atoms with Gasteiger partial charge in [-0.1, -0.05) is 53.9 Å². The van der Waals surface area contributed by atoms with Crippen molar-refractivity contribution < 1.29 is 9.53 Å². The molecule has 0 bridgehead atoms. The molecule has 4 saturated carbocycles. The van der Waals surface area contributed by atoms with Crippen LogP contribution in [-0.4, -0.2) is 17.7 Å². The van der Waals surface area contributed by atoms with Crippen LogP contribution in [-0.2, 0) is 4.74 Å². The number of ether oxygens (including phenoxy) is 1. The van der Waals surface area contributed by atoms with E-state index in [2.05, 4.69) is 39.9 Å². The summed E-state index contributed by atoms with van der Waals surface area (Å²) >= 11 is 0. The molecule has 0 heterocycles. The zero-order chi connectivity index (χ0) is 25.6. The minimum absolute atomic E-state index is 0.229. The summed E-state index contributed by atoms with van der Waals surface area (Å²) in [6.45, 7) is 18.5. The molecule has 0 spiro atoms. The highest BCUT2D eigenvalue weighted by Crippen LogP contribution is 2.68. The van der Waals surface area contributed by atoms with Crippen LogP contribution >= 0.6 is 0 Å². The highest BCUT2D eigenvalue weighted by Gasteiger charge is 2.60. The van der Waals surface area contributed by atoms with Crippen LogP contribution in [0.4, 0.5) is 4.79 Å². The van der Waals surface area contributed by atoms with Gasteiger partial charge in [0.1, 0.15) is 5.60 Å². The topological polar surface area (TPSA) is 38.3 Å². The molecule has 0 saturated heterocycles. The van der Waals surface area contributed by atoms with Gasteiger partial charge in [-0.2, -0.15) is 0 Å². The zero-order valence-corrected chi connectivity index (χ0v) is 24.4.